The van der Waals surface area contributed by atoms with Crippen molar-refractivity contribution in [3.05, 3.63) is 0 Å². The lowest BCUT2D eigenvalue weighted by molar-refractivity contribution is -0.140. The molecule has 0 bridgehead atoms. The second kappa shape index (κ2) is 7.36. The van der Waals surface area contributed by atoms with Crippen molar-refractivity contribution in [3.63, 3.8) is 0 Å². The van der Waals surface area contributed by atoms with Crippen LogP contribution in [0.2, 0.25) is 0 Å². The van der Waals surface area contributed by atoms with Crippen LogP contribution in [0.1, 0.15) is 40.5 Å². The second-order valence-corrected chi connectivity index (χ2v) is 6.58. The van der Waals surface area contributed by atoms with E-state index in [0.717, 1.165) is 32.7 Å². The number of hydrogen-bond donors (Lipinski definition) is 1. The SMILES string of the molecule is CCC(CC)(C(=O)N1CCN(CC(C)C)CC1)C(N)=S. The first-order valence-electron chi connectivity index (χ1n) is 7.69. The lowest BCUT2D eigenvalue weighted by atomic mass is 9.80. The Morgan fingerprint density at radius 2 is 1.70 bits per heavy atom. The molecule has 2 N–H and O–H groups in total. The average Bonchev–Trinajstić information content (AvgIpc) is 2.40. The van der Waals surface area contributed by atoms with Gasteiger partial charge in [0.05, 0.1) is 10.4 Å². The Balaban J connectivity index is 2.68. The van der Waals surface area contributed by atoms with Crippen LogP contribution in [0.3, 0.4) is 0 Å². The molecule has 5 heteroatoms. The molecule has 4 nitrogen and oxygen atoms in total. The van der Waals surface area contributed by atoms with Crippen LogP contribution >= 0.6 is 12.2 Å². The predicted molar refractivity (Wildman–Crippen MR) is 87.7 cm³/mol. The minimum Gasteiger partial charge on any atom is -0.392 e. The first kappa shape index (κ1) is 17.4. The van der Waals surface area contributed by atoms with E-state index in [1.165, 1.54) is 0 Å². The number of thiocarbonyl (C=S) groups is 1. The van der Waals surface area contributed by atoms with Crippen LogP contribution in [0.25, 0.3) is 0 Å². The predicted octanol–water partition coefficient (Wildman–Crippen LogP) is 1.88. The maximum Gasteiger partial charge on any atom is 0.235 e. The second-order valence-electron chi connectivity index (χ2n) is 6.14. The molecule has 116 valence electrons. The minimum atomic E-state index is -0.643. The van der Waals surface area contributed by atoms with Gasteiger partial charge in [-0.2, -0.15) is 0 Å². The molecule has 1 aliphatic heterocycles. The fourth-order valence-electron chi connectivity index (χ4n) is 2.96. The Morgan fingerprint density at radius 1 is 1.20 bits per heavy atom. The van der Waals surface area contributed by atoms with E-state index in [0.29, 0.717) is 23.7 Å². The summed E-state index contributed by atoms with van der Waals surface area (Å²) in [6, 6.07) is 0. The number of rotatable bonds is 6. The van der Waals surface area contributed by atoms with Crippen molar-refractivity contribution in [2.45, 2.75) is 40.5 Å². The normalized spacial score (nSPS) is 17.6. The topological polar surface area (TPSA) is 49.6 Å². The Morgan fingerprint density at radius 3 is 2.05 bits per heavy atom. The third-order valence-electron chi connectivity index (χ3n) is 4.37. The highest BCUT2D eigenvalue weighted by atomic mass is 32.1. The average molecular weight is 299 g/mol. The van der Waals surface area contributed by atoms with Gasteiger partial charge in [0.15, 0.2) is 0 Å². The maximum absolute atomic E-state index is 12.8. The molecule has 0 radical (unpaired) electrons. The zero-order valence-corrected chi connectivity index (χ0v) is 14.1. The summed E-state index contributed by atoms with van der Waals surface area (Å²) in [4.78, 5) is 17.5. The van der Waals surface area contributed by atoms with E-state index in [-0.39, 0.29) is 5.91 Å². The van der Waals surface area contributed by atoms with E-state index >= 15 is 0 Å². The van der Waals surface area contributed by atoms with E-state index in [9.17, 15) is 4.79 Å². The van der Waals surface area contributed by atoms with Crippen LogP contribution in [0.4, 0.5) is 0 Å². The van der Waals surface area contributed by atoms with Gasteiger partial charge in [0.2, 0.25) is 5.91 Å². The zero-order valence-electron chi connectivity index (χ0n) is 13.3. The number of amides is 1. The molecule has 1 saturated heterocycles. The lowest BCUT2D eigenvalue weighted by Gasteiger charge is -2.40. The van der Waals surface area contributed by atoms with Crippen LogP contribution in [0, 0.1) is 11.3 Å². The molecular weight excluding hydrogens is 270 g/mol. The molecule has 1 amide bonds. The summed E-state index contributed by atoms with van der Waals surface area (Å²) in [5.74, 6) is 0.790. The summed E-state index contributed by atoms with van der Waals surface area (Å²) in [6.45, 7) is 13.0. The zero-order chi connectivity index (χ0) is 15.3. The van der Waals surface area contributed by atoms with Gasteiger partial charge in [0, 0.05) is 32.7 Å². The molecule has 0 aliphatic carbocycles. The molecule has 20 heavy (non-hydrogen) atoms. The summed E-state index contributed by atoms with van der Waals surface area (Å²) in [6.07, 6.45) is 1.37. The molecule has 0 aromatic carbocycles. The molecule has 0 saturated carbocycles. The number of carbonyl (C=O) groups is 1. The van der Waals surface area contributed by atoms with E-state index in [1.807, 2.05) is 18.7 Å². The molecular formula is C15H29N3OS. The van der Waals surface area contributed by atoms with Crippen LogP contribution in [0.5, 0.6) is 0 Å². The fraction of sp³-hybridized carbons (Fsp3) is 0.867. The third-order valence-corrected chi connectivity index (χ3v) is 4.76. The number of hydrogen-bond acceptors (Lipinski definition) is 3. The van der Waals surface area contributed by atoms with Crippen molar-refractivity contribution >= 4 is 23.1 Å². The van der Waals surface area contributed by atoms with Crippen LogP contribution in [0.15, 0.2) is 0 Å². The molecule has 0 aromatic rings. The van der Waals surface area contributed by atoms with Crippen LogP contribution < -0.4 is 5.73 Å². The van der Waals surface area contributed by atoms with Gasteiger partial charge in [-0.25, -0.2) is 0 Å². The van der Waals surface area contributed by atoms with Gasteiger partial charge < -0.3 is 10.6 Å². The number of nitrogens with zero attached hydrogens (tertiary/aromatic N) is 2. The van der Waals surface area contributed by atoms with Crippen molar-refractivity contribution in [2.75, 3.05) is 32.7 Å². The van der Waals surface area contributed by atoms with Gasteiger partial charge >= 0.3 is 0 Å². The quantitative estimate of drug-likeness (QED) is 0.761. The maximum atomic E-state index is 12.8. The smallest absolute Gasteiger partial charge is 0.235 e. The van der Waals surface area contributed by atoms with E-state index < -0.39 is 5.41 Å². The van der Waals surface area contributed by atoms with Crippen molar-refractivity contribution < 1.29 is 4.79 Å². The fourth-order valence-corrected chi connectivity index (χ4v) is 3.33. The highest BCUT2D eigenvalue weighted by molar-refractivity contribution is 7.80. The summed E-state index contributed by atoms with van der Waals surface area (Å²) in [7, 11) is 0. The van der Waals surface area contributed by atoms with Gasteiger partial charge in [-0.05, 0) is 18.8 Å². The highest BCUT2D eigenvalue weighted by Crippen LogP contribution is 2.30. The molecule has 1 rings (SSSR count). The summed E-state index contributed by atoms with van der Waals surface area (Å²) in [5, 5.41) is 0. The van der Waals surface area contributed by atoms with Gasteiger partial charge in [0.1, 0.15) is 0 Å². The van der Waals surface area contributed by atoms with Gasteiger partial charge in [-0.3, -0.25) is 9.69 Å². The minimum absolute atomic E-state index is 0.124. The molecule has 1 heterocycles. The largest absolute Gasteiger partial charge is 0.392 e. The summed E-state index contributed by atoms with van der Waals surface area (Å²) < 4.78 is 0. The molecule has 0 atom stereocenters. The van der Waals surface area contributed by atoms with Gasteiger partial charge in [-0.15, -0.1) is 0 Å². The van der Waals surface area contributed by atoms with Crippen LogP contribution in [-0.2, 0) is 4.79 Å². The molecule has 0 spiro atoms. The van der Waals surface area contributed by atoms with Crippen molar-refractivity contribution in [1.82, 2.24) is 9.80 Å². The third kappa shape index (κ3) is 3.70. The van der Waals surface area contributed by atoms with Crippen molar-refractivity contribution in [2.24, 2.45) is 17.1 Å². The van der Waals surface area contributed by atoms with E-state index in [2.05, 4.69) is 18.7 Å². The van der Waals surface area contributed by atoms with Crippen molar-refractivity contribution in [1.29, 1.82) is 0 Å². The Labute approximate surface area is 128 Å². The summed E-state index contributed by atoms with van der Waals surface area (Å²) in [5.41, 5.74) is 5.22. The standard InChI is InChI=1S/C15H29N3OS/c1-5-15(6-2,13(16)20)14(19)18-9-7-17(8-10-18)11-12(3)4/h12H,5-11H2,1-4H3,(H2,16,20). The summed E-state index contributed by atoms with van der Waals surface area (Å²) >= 11 is 5.17. The number of nitrogens with two attached hydrogens (primary N) is 1. The van der Waals surface area contributed by atoms with E-state index in [1.54, 1.807) is 0 Å². The molecule has 0 unspecified atom stereocenters. The Bertz CT molecular complexity index is 345. The lowest BCUT2D eigenvalue weighted by Crippen LogP contribution is -2.56. The molecule has 1 fully saturated rings. The first-order valence-corrected chi connectivity index (χ1v) is 8.09. The molecule has 0 aromatic heterocycles. The van der Waals surface area contributed by atoms with Gasteiger partial charge in [-0.1, -0.05) is 39.9 Å². The van der Waals surface area contributed by atoms with Gasteiger partial charge in [0.25, 0.3) is 0 Å². The first-order chi connectivity index (χ1) is 9.37. The highest BCUT2D eigenvalue weighted by Gasteiger charge is 2.41. The Hall–Kier alpha value is -0.680. The van der Waals surface area contributed by atoms with Crippen LogP contribution in [-0.4, -0.2) is 53.4 Å². The number of piperazine rings is 1. The van der Waals surface area contributed by atoms with Crippen molar-refractivity contribution in [3.8, 4) is 0 Å². The monoisotopic (exact) mass is 299 g/mol. The Kier molecular flexibility index (Phi) is 6.40. The number of carbonyl (C=O) groups excluding carboxylic acids is 1. The molecule has 1 aliphatic rings. The van der Waals surface area contributed by atoms with E-state index in [4.69, 9.17) is 18.0 Å².